The van der Waals surface area contributed by atoms with Crippen molar-refractivity contribution in [3.8, 4) is 0 Å². The first kappa shape index (κ1) is 13.2. The minimum Gasteiger partial charge on any atom is -0.329 e. The van der Waals surface area contributed by atoms with Gasteiger partial charge in [0.25, 0.3) is 0 Å². The first-order valence-corrected chi connectivity index (χ1v) is 7.57. The van der Waals surface area contributed by atoms with E-state index in [0.717, 1.165) is 9.92 Å². The summed E-state index contributed by atoms with van der Waals surface area (Å²) < 4.78 is 0. The molecule has 2 N–H and O–H groups in total. The Balaban J connectivity index is 2.21. The second kappa shape index (κ2) is 6.12. The Bertz CT molecular complexity index is 485. The summed E-state index contributed by atoms with van der Waals surface area (Å²) in [5.74, 6) is 0. The lowest BCUT2D eigenvalue weighted by Crippen LogP contribution is -2.07. The van der Waals surface area contributed by atoms with Gasteiger partial charge in [-0.3, -0.25) is 0 Å². The van der Waals surface area contributed by atoms with Crippen LogP contribution in [0.25, 0.3) is 0 Å². The minimum atomic E-state index is 0.228. The van der Waals surface area contributed by atoms with Gasteiger partial charge in [0.1, 0.15) is 0 Å². The van der Waals surface area contributed by atoms with Crippen molar-refractivity contribution < 1.29 is 0 Å². The Labute approximate surface area is 119 Å². The van der Waals surface area contributed by atoms with E-state index in [1.54, 1.807) is 29.2 Å². The van der Waals surface area contributed by atoms with Gasteiger partial charge in [-0.15, -0.1) is 23.1 Å². The van der Waals surface area contributed by atoms with Gasteiger partial charge in [0.2, 0.25) is 0 Å². The predicted octanol–water partition coefficient (Wildman–Crippen LogP) is 4.85. The highest BCUT2D eigenvalue weighted by Crippen LogP contribution is 2.40. The van der Waals surface area contributed by atoms with Crippen molar-refractivity contribution in [2.45, 2.75) is 10.1 Å². The van der Waals surface area contributed by atoms with Crippen LogP contribution in [-0.2, 0) is 0 Å². The molecular formula is C12H11Cl2NS2. The van der Waals surface area contributed by atoms with Crippen LogP contribution in [0.5, 0.6) is 0 Å². The zero-order chi connectivity index (χ0) is 12.3. The van der Waals surface area contributed by atoms with Crippen LogP contribution in [0.15, 0.2) is 40.6 Å². The molecule has 0 saturated heterocycles. The molecule has 2 rings (SSSR count). The molecule has 0 aliphatic carbocycles. The van der Waals surface area contributed by atoms with Gasteiger partial charge in [-0.25, -0.2) is 0 Å². The van der Waals surface area contributed by atoms with Crippen molar-refractivity contribution in [2.75, 3.05) is 6.54 Å². The SMILES string of the molecule is NCC(Sc1cc(Cl)ccc1Cl)c1cccs1. The van der Waals surface area contributed by atoms with Crippen LogP contribution in [0, 0.1) is 0 Å². The molecule has 1 atom stereocenters. The molecule has 1 heterocycles. The van der Waals surface area contributed by atoms with Crippen molar-refractivity contribution in [1.29, 1.82) is 0 Å². The molecule has 5 heteroatoms. The average Bonchev–Trinajstić information content (AvgIpc) is 2.84. The molecule has 1 aromatic carbocycles. The van der Waals surface area contributed by atoms with E-state index in [9.17, 15) is 0 Å². The van der Waals surface area contributed by atoms with Gasteiger partial charge < -0.3 is 5.73 Å². The summed E-state index contributed by atoms with van der Waals surface area (Å²) in [4.78, 5) is 2.23. The van der Waals surface area contributed by atoms with E-state index in [-0.39, 0.29) is 5.25 Å². The van der Waals surface area contributed by atoms with Crippen molar-refractivity contribution in [3.63, 3.8) is 0 Å². The smallest absolute Gasteiger partial charge is 0.0561 e. The largest absolute Gasteiger partial charge is 0.329 e. The van der Waals surface area contributed by atoms with Gasteiger partial charge in [-0.1, -0.05) is 29.3 Å². The summed E-state index contributed by atoms with van der Waals surface area (Å²) >= 11 is 15.5. The average molecular weight is 304 g/mol. The molecule has 0 radical (unpaired) electrons. The molecule has 90 valence electrons. The van der Waals surface area contributed by atoms with Gasteiger partial charge in [0.15, 0.2) is 0 Å². The van der Waals surface area contributed by atoms with Crippen LogP contribution >= 0.6 is 46.3 Å². The van der Waals surface area contributed by atoms with E-state index in [1.165, 1.54) is 4.88 Å². The number of benzene rings is 1. The first-order valence-electron chi connectivity index (χ1n) is 5.06. The van der Waals surface area contributed by atoms with E-state index >= 15 is 0 Å². The molecule has 17 heavy (non-hydrogen) atoms. The Morgan fingerprint density at radius 2 is 2.12 bits per heavy atom. The van der Waals surface area contributed by atoms with Crippen LogP contribution in [0.4, 0.5) is 0 Å². The maximum atomic E-state index is 6.14. The third-order valence-electron chi connectivity index (χ3n) is 2.24. The molecule has 0 bridgehead atoms. The van der Waals surface area contributed by atoms with Crippen LogP contribution in [0.1, 0.15) is 10.1 Å². The summed E-state index contributed by atoms with van der Waals surface area (Å²) in [6, 6.07) is 9.60. The van der Waals surface area contributed by atoms with E-state index in [0.29, 0.717) is 11.6 Å². The van der Waals surface area contributed by atoms with E-state index < -0.39 is 0 Å². The third kappa shape index (κ3) is 3.39. The Morgan fingerprint density at radius 1 is 1.29 bits per heavy atom. The second-order valence-corrected chi connectivity index (χ2v) is 6.50. The summed E-state index contributed by atoms with van der Waals surface area (Å²) in [5, 5.41) is 3.69. The highest BCUT2D eigenvalue weighted by atomic mass is 35.5. The molecular weight excluding hydrogens is 293 g/mol. The first-order chi connectivity index (χ1) is 8.20. The number of halogens is 2. The maximum Gasteiger partial charge on any atom is 0.0561 e. The van der Waals surface area contributed by atoms with Crippen LogP contribution in [0.2, 0.25) is 10.0 Å². The lowest BCUT2D eigenvalue weighted by Gasteiger charge is -2.13. The van der Waals surface area contributed by atoms with Gasteiger partial charge >= 0.3 is 0 Å². The van der Waals surface area contributed by atoms with Gasteiger partial charge in [-0.05, 0) is 29.6 Å². The molecule has 0 saturated carbocycles. The number of nitrogens with two attached hydrogens (primary N) is 1. The quantitative estimate of drug-likeness (QED) is 0.817. The van der Waals surface area contributed by atoms with Crippen LogP contribution in [0.3, 0.4) is 0 Å². The minimum absolute atomic E-state index is 0.228. The zero-order valence-electron chi connectivity index (χ0n) is 8.90. The van der Waals surface area contributed by atoms with E-state index in [2.05, 4.69) is 11.4 Å². The molecule has 0 spiro atoms. The van der Waals surface area contributed by atoms with Crippen molar-refractivity contribution in [2.24, 2.45) is 5.73 Å². The lowest BCUT2D eigenvalue weighted by molar-refractivity contribution is 0.960. The standard InChI is InChI=1S/C12H11Cl2NS2/c13-8-3-4-9(14)11(6-8)17-12(7-15)10-2-1-5-16-10/h1-6,12H,7,15H2. The summed E-state index contributed by atoms with van der Waals surface area (Å²) in [7, 11) is 0. The second-order valence-electron chi connectivity index (χ2n) is 3.43. The van der Waals surface area contributed by atoms with Crippen molar-refractivity contribution in [3.05, 3.63) is 50.6 Å². The third-order valence-corrected chi connectivity index (χ3v) is 5.37. The van der Waals surface area contributed by atoms with Gasteiger partial charge in [-0.2, -0.15) is 0 Å². The van der Waals surface area contributed by atoms with Gasteiger partial charge in [0, 0.05) is 21.3 Å². The molecule has 0 fully saturated rings. The number of thioether (sulfide) groups is 1. The number of thiophene rings is 1. The molecule has 1 aromatic heterocycles. The maximum absolute atomic E-state index is 6.14. The summed E-state index contributed by atoms with van der Waals surface area (Å²) in [6.45, 7) is 0.577. The summed E-state index contributed by atoms with van der Waals surface area (Å²) in [5.41, 5.74) is 5.81. The molecule has 0 aliphatic rings. The van der Waals surface area contributed by atoms with Crippen molar-refractivity contribution >= 4 is 46.3 Å². The fourth-order valence-electron chi connectivity index (χ4n) is 1.42. The number of hydrogen-bond acceptors (Lipinski definition) is 3. The Kier molecular flexibility index (Phi) is 4.77. The molecule has 1 nitrogen and oxygen atoms in total. The lowest BCUT2D eigenvalue weighted by atomic mass is 10.3. The fourth-order valence-corrected chi connectivity index (χ4v) is 3.91. The number of rotatable bonds is 4. The molecule has 0 amide bonds. The van der Waals surface area contributed by atoms with E-state index in [1.807, 2.05) is 18.2 Å². The topological polar surface area (TPSA) is 26.0 Å². The molecule has 1 unspecified atom stereocenters. The van der Waals surface area contributed by atoms with E-state index in [4.69, 9.17) is 28.9 Å². The van der Waals surface area contributed by atoms with Crippen molar-refractivity contribution in [1.82, 2.24) is 0 Å². The summed E-state index contributed by atoms with van der Waals surface area (Å²) in [6.07, 6.45) is 0. The Hall–Kier alpha value is -0.190. The molecule has 2 aromatic rings. The van der Waals surface area contributed by atoms with Crippen LogP contribution in [-0.4, -0.2) is 6.54 Å². The zero-order valence-corrected chi connectivity index (χ0v) is 12.0. The monoisotopic (exact) mass is 303 g/mol. The van der Waals surface area contributed by atoms with Gasteiger partial charge in [0.05, 0.1) is 10.3 Å². The Morgan fingerprint density at radius 3 is 2.76 bits per heavy atom. The normalized spacial score (nSPS) is 12.6. The number of hydrogen-bond donors (Lipinski definition) is 1. The molecule has 0 aliphatic heterocycles. The predicted molar refractivity (Wildman–Crippen MR) is 78.4 cm³/mol. The fraction of sp³-hybridized carbons (Fsp3) is 0.167. The highest BCUT2D eigenvalue weighted by molar-refractivity contribution is 7.99. The highest BCUT2D eigenvalue weighted by Gasteiger charge is 2.14. The van der Waals surface area contributed by atoms with Crippen LogP contribution < -0.4 is 5.73 Å².